The van der Waals surface area contributed by atoms with E-state index < -0.39 is 17.7 Å². The molecular formula is C18H19F3N2O2. The predicted octanol–water partition coefficient (Wildman–Crippen LogP) is 4.56. The number of carboxylic acid groups (broad SMARTS) is 1. The number of carbonyl (C=O) groups is 1. The van der Waals surface area contributed by atoms with Crippen LogP contribution < -0.4 is 5.32 Å². The van der Waals surface area contributed by atoms with Crippen LogP contribution in [0.5, 0.6) is 0 Å². The van der Waals surface area contributed by atoms with Crippen molar-refractivity contribution < 1.29 is 23.1 Å². The molecule has 7 heteroatoms. The van der Waals surface area contributed by atoms with Crippen molar-refractivity contribution in [2.75, 3.05) is 11.9 Å². The van der Waals surface area contributed by atoms with E-state index in [-0.39, 0.29) is 5.92 Å². The Bertz CT molecular complexity index is 768. The fourth-order valence-electron chi connectivity index (χ4n) is 3.34. The minimum absolute atomic E-state index is 0.271. The Kier molecular flexibility index (Phi) is 4.83. The zero-order valence-corrected chi connectivity index (χ0v) is 13.5. The van der Waals surface area contributed by atoms with Crippen LogP contribution in [0.25, 0.3) is 10.9 Å². The van der Waals surface area contributed by atoms with Crippen LogP contribution in [0.15, 0.2) is 30.5 Å². The van der Waals surface area contributed by atoms with E-state index in [2.05, 4.69) is 10.3 Å². The van der Waals surface area contributed by atoms with E-state index in [1.165, 1.54) is 6.07 Å². The van der Waals surface area contributed by atoms with Gasteiger partial charge < -0.3 is 10.4 Å². The molecule has 0 aliphatic heterocycles. The summed E-state index contributed by atoms with van der Waals surface area (Å²) < 4.78 is 38.8. The van der Waals surface area contributed by atoms with E-state index in [0.717, 1.165) is 25.0 Å². The number of halogens is 3. The van der Waals surface area contributed by atoms with Gasteiger partial charge in [-0.2, -0.15) is 13.2 Å². The second-order valence-corrected chi connectivity index (χ2v) is 6.52. The van der Waals surface area contributed by atoms with Crippen molar-refractivity contribution in [2.45, 2.75) is 31.9 Å². The highest BCUT2D eigenvalue weighted by atomic mass is 19.4. The SMILES string of the molecule is O=C(O)C1CCC(CNc2ccnc3ccc(C(F)(F)F)cc23)CC1. The van der Waals surface area contributed by atoms with Crippen LogP contribution in [0.1, 0.15) is 31.2 Å². The summed E-state index contributed by atoms with van der Waals surface area (Å²) in [5.41, 5.74) is 0.432. The Morgan fingerprint density at radius 3 is 2.56 bits per heavy atom. The molecule has 134 valence electrons. The van der Waals surface area contributed by atoms with Gasteiger partial charge in [0.15, 0.2) is 0 Å². The lowest BCUT2D eigenvalue weighted by atomic mass is 9.82. The number of hydrogen-bond acceptors (Lipinski definition) is 3. The molecule has 3 rings (SSSR count). The number of alkyl halides is 3. The van der Waals surface area contributed by atoms with E-state index in [4.69, 9.17) is 5.11 Å². The summed E-state index contributed by atoms with van der Waals surface area (Å²) in [7, 11) is 0. The van der Waals surface area contributed by atoms with Crippen LogP contribution in [0.3, 0.4) is 0 Å². The van der Waals surface area contributed by atoms with Crippen LogP contribution in [0.2, 0.25) is 0 Å². The maximum absolute atomic E-state index is 12.9. The molecule has 25 heavy (non-hydrogen) atoms. The van der Waals surface area contributed by atoms with Gasteiger partial charge in [0.25, 0.3) is 0 Å². The molecule has 0 amide bonds. The minimum atomic E-state index is -4.39. The molecule has 2 N–H and O–H groups in total. The number of hydrogen-bond donors (Lipinski definition) is 2. The Morgan fingerprint density at radius 2 is 1.92 bits per heavy atom. The molecule has 1 fully saturated rings. The normalized spacial score (nSPS) is 21.2. The Balaban J connectivity index is 1.72. The Hall–Kier alpha value is -2.31. The maximum Gasteiger partial charge on any atom is 0.416 e. The maximum atomic E-state index is 12.9. The highest BCUT2D eigenvalue weighted by Gasteiger charge is 2.31. The van der Waals surface area contributed by atoms with Crippen molar-refractivity contribution in [1.29, 1.82) is 0 Å². The molecule has 0 atom stereocenters. The molecule has 0 saturated heterocycles. The van der Waals surface area contributed by atoms with Gasteiger partial charge in [0.2, 0.25) is 0 Å². The van der Waals surface area contributed by atoms with Crippen LogP contribution in [0, 0.1) is 11.8 Å². The second kappa shape index (κ2) is 6.90. The van der Waals surface area contributed by atoms with Crippen LogP contribution in [-0.4, -0.2) is 22.6 Å². The highest BCUT2D eigenvalue weighted by molar-refractivity contribution is 5.91. The monoisotopic (exact) mass is 352 g/mol. The number of aliphatic carboxylic acids is 1. The molecule has 1 aliphatic rings. The summed E-state index contributed by atoms with van der Waals surface area (Å²) in [5.74, 6) is -0.691. The third-order valence-corrected chi connectivity index (χ3v) is 4.85. The third kappa shape index (κ3) is 4.03. The van der Waals surface area contributed by atoms with Crippen molar-refractivity contribution in [1.82, 2.24) is 4.98 Å². The summed E-state index contributed by atoms with van der Waals surface area (Å²) in [6, 6.07) is 5.20. The van der Waals surface area contributed by atoms with Crippen molar-refractivity contribution >= 4 is 22.6 Å². The van der Waals surface area contributed by atoms with E-state index >= 15 is 0 Å². The third-order valence-electron chi connectivity index (χ3n) is 4.85. The average molecular weight is 352 g/mol. The number of benzene rings is 1. The van der Waals surface area contributed by atoms with Crippen LogP contribution in [0.4, 0.5) is 18.9 Å². The van der Waals surface area contributed by atoms with Gasteiger partial charge in [0, 0.05) is 23.8 Å². The van der Waals surface area contributed by atoms with Crippen molar-refractivity contribution in [2.24, 2.45) is 11.8 Å². The van der Waals surface area contributed by atoms with E-state index in [1.54, 1.807) is 12.3 Å². The highest BCUT2D eigenvalue weighted by Crippen LogP contribution is 2.34. The van der Waals surface area contributed by atoms with Crippen LogP contribution >= 0.6 is 0 Å². The quantitative estimate of drug-likeness (QED) is 0.847. The Labute approximate surface area is 143 Å². The molecule has 4 nitrogen and oxygen atoms in total. The molecule has 0 unspecified atom stereocenters. The van der Waals surface area contributed by atoms with Gasteiger partial charge in [0.05, 0.1) is 17.0 Å². The van der Waals surface area contributed by atoms with Crippen LogP contribution in [-0.2, 0) is 11.0 Å². The second-order valence-electron chi connectivity index (χ2n) is 6.52. The minimum Gasteiger partial charge on any atom is -0.481 e. The van der Waals surface area contributed by atoms with Gasteiger partial charge in [-0.1, -0.05) is 0 Å². The number of rotatable bonds is 4. The summed E-state index contributed by atoms with van der Waals surface area (Å²) in [5, 5.41) is 12.7. The summed E-state index contributed by atoms with van der Waals surface area (Å²) in [4.78, 5) is 15.1. The zero-order valence-electron chi connectivity index (χ0n) is 13.5. The number of fused-ring (bicyclic) bond motifs is 1. The molecule has 0 radical (unpaired) electrons. The zero-order chi connectivity index (χ0) is 18.0. The Morgan fingerprint density at radius 1 is 1.20 bits per heavy atom. The molecule has 0 spiro atoms. The van der Waals surface area contributed by atoms with Crippen molar-refractivity contribution in [3.8, 4) is 0 Å². The van der Waals surface area contributed by atoms with Gasteiger partial charge in [0.1, 0.15) is 0 Å². The standard InChI is InChI=1S/C18H19F3N2O2/c19-18(20,21)13-5-6-15-14(9-13)16(7-8-22-15)23-10-11-1-3-12(4-2-11)17(24)25/h5-9,11-12H,1-4,10H2,(H,22,23)(H,24,25). The number of aromatic nitrogens is 1. The van der Waals surface area contributed by atoms with Crippen molar-refractivity contribution in [3.05, 3.63) is 36.0 Å². The summed E-state index contributed by atoms with van der Waals surface area (Å²) in [6.45, 7) is 0.613. The average Bonchev–Trinajstić information content (AvgIpc) is 2.59. The topological polar surface area (TPSA) is 62.2 Å². The molecule has 2 aromatic rings. The van der Waals surface area contributed by atoms with Crippen molar-refractivity contribution in [3.63, 3.8) is 0 Å². The fraction of sp³-hybridized carbons (Fsp3) is 0.444. The molecular weight excluding hydrogens is 333 g/mol. The smallest absolute Gasteiger partial charge is 0.416 e. The predicted molar refractivity (Wildman–Crippen MR) is 88.3 cm³/mol. The first-order valence-electron chi connectivity index (χ1n) is 8.27. The largest absolute Gasteiger partial charge is 0.481 e. The number of carboxylic acids is 1. The summed E-state index contributed by atoms with van der Waals surface area (Å²) in [6.07, 6.45) is 0.0886. The lowest BCUT2D eigenvalue weighted by Gasteiger charge is -2.26. The molecule has 1 aromatic carbocycles. The fourth-order valence-corrected chi connectivity index (χ4v) is 3.34. The van der Waals surface area contributed by atoms with Gasteiger partial charge in [-0.15, -0.1) is 0 Å². The first kappa shape index (κ1) is 17.5. The van der Waals surface area contributed by atoms with Gasteiger partial charge in [-0.05, 0) is 55.9 Å². The summed E-state index contributed by atoms with van der Waals surface area (Å²) >= 11 is 0. The number of nitrogens with zero attached hydrogens (tertiary/aromatic N) is 1. The number of anilines is 1. The van der Waals surface area contributed by atoms with Gasteiger partial charge >= 0.3 is 12.1 Å². The first-order valence-corrected chi connectivity index (χ1v) is 8.27. The van der Waals surface area contributed by atoms with Gasteiger partial charge in [-0.25, -0.2) is 0 Å². The number of pyridine rings is 1. The number of nitrogens with one attached hydrogen (secondary N) is 1. The molecule has 1 heterocycles. The van der Waals surface area contributed by atoms with Gasteiger partial charge in [-0.3, -0.25) is 9.78 Å². The van der Waals surface area contributed by atoms with E-state index in [9.17, 15) is 18.0 Å². The lowest BCUT2D eigenvalue weighted by molar-refractivity contribution is -0.143. The molecule has 1 aliphatic carbocycles. The molecule has 1 aromatic heterocycles. The van der Waals surface area contributed by atoms with E-state index in [1.807, 2.05) is 0 Å². The lowest BCUT2D eigenvalue weighted by Crippen LogP contribution is -2.25. The molecule has 0 bridgehead atoms. The molecule has 1 saturated carbocycles. The first-order chi connectivity index (χ1) is 11.8. The van der Waals surface area contributed by atoms with E-state index in [0.29, 0.717) is 41.9 Å².